The molecule has 0 unspecified atom stereocenters. The molecule has 0 saturated carbocycles. The van der Waals surface area contributed by atoms with Crippen molar-refractivity contribution in [3.05, 3.63) is 64.2 Å². The van der Waals surface area contributed by atoms with Crippen LogP contribution in [0.2, 0.25) is 0 Å². The lowest BCUT2D eigenvalue weighted by Gasteiger charge is -2.20. The van der Waals surface area contributed by atoms with Crippen molar-refractivity contribution in [2.45, 2.75) is 26.3 Å². The van der Waals surface area contributed by atoms with Gasteiger partial charge in [0, 0.05) is 34.6 Å². The maximum Gasteiger partial charge on any atom is 0.271 e. The van der Waals surface area contributed by atoms with Gasteiger partial charge in [0.2, 0.25) is 5.91 Å². The monoisotopic (exact) mass is 406 g/mol. The summed E-state index contributed by atoms with van der Waals surface area (Å²) in [5, 5.41) is 19.2. The minimum Gasteiger partial charge on any atom is -0.376 e. The highest BCUT2D eigenvalue weighted by Crippen LogP contribution is 2.17. The number of amides is 2. The molecule has 0 spiro atoms. The van der Waals surface area contributed by atoms with E-state index in [9.17, 15) is 19.7 Å². The van der Waals surface area contributed by atoms with Crippen molar-refractivity contribution in [1.29, 1.82) is 0 Å². The summed E-state index contributed by atoms with van der Waals surface area (Å²) in [6, 6.07) is 12.5. The number of benzene rings is 2. The molecule has 0 saturated heterocycles. The molecule has 0 aliphatic carbocycles. The molecule has 150 valence electrons. The van der Waals surface area contributed by atoms with E-state index in [1.807, 2.05) is 20.8 Å². The highest BCUT2D eigenvalue weighted by Gasteiger charge is 2.15. The highest BCUT2D eigenvalue weighted by atomic mass is 35.5. The Morgan fingerprint density at radius 2 is 1.68 bits per heavy atom. The van der Waals surface area contributed by atoms with Crippen molar-refractivity contribution in [3.8, 4) is 0 Å². The van der Waals surface area contributed by atoms with Crippen molar-refractivity contribution in [2.24, 2.45) is 0 Å². The SMILES string of the molecule is CC(C)(C)NC(=O)c1ccc(NCC(=O)Nc2cccc([N+](=O)[O-])c2)cc1.Cl. The lowest BCUT2D eigenvalue weighted by atomic mass is 10.1. The fourth-order valence-electron chi connectivity index (χ4n) is 2.24. The lowest BCUT2D eigenvalue weighted by Crippen LogP contribution is -2.40. The summed E-state index contributed by atoms with van der Waals surface area (Å²) < 4.78 is 0. The van der Waals surface area contributed by atoms with Crippen LogP contribution in [0.5, 0.6) is 0 Å². The molecule has 0 aliphatic heterocycles. The number of rotatable bonds is 6. The third-order valence-corrected chi connectivity index (χ3v) is 3.43. The second kappa shape index (κ2) is 9.70. The van der Waals surface area contributed by atoms with Crippen LogP contribution in [0.3, 0.4) is 0 Å². The van der Waals surface area contributed by atoms with Gasteiger partial charge in [0.25, 0.3) is 11.6 Å². The van der Waals surface area contributed by atoms with E-state index in [-0.39, 0.29) is 42.0 Å². The molecule has 2 aromatic carbocycles. The molecule has 0 aromatic heterocycles. The van der Waals surface area contributed by atoms with Crippen molar-refractivity contribution in [2.75, 3.05) is 17.2 Å². The zero-order valence-corrected chi connectivity index (χ0v) is 16.6. The van der Waals surface area contributed by atoms with Crippen LogP contribution in [0.25, 0.3) is 0 Å². The molecular formula is C19H23ClN4O4. The van der Waals surface area contributed by atoms with Gasteiger partial charge < -0.3 is 16.0 Å². The van der Waals surface area contributed by atoms with Crippen molar-refractivity contribution in [1.82, 2.24) is 5.32 Å². The molecule has 2 amide bonds. The van der Waals surface area contributed by atoms with Gasteiger partial charge in [-0.2, -0.15) is 0 Å². The molecule has 0 fully saturated rings. The topological polar surface area (TPSA) is 113 Å². The van der Waals surface area contributed by atoms with E-state index in [0.717, 1.165) is 0 Å². The predicted octanol–water partition coefficient (Wildman–Crippen LogP) is 3.60. The van der Waals surface area contributed by atoms with Gasteiger partial charge in [0.05, 0.1) is 11.5 Å². The number of carbonyl (C=O) groups excluding carboxylic acids is 2. The van der Waals surface area contributed by atoms with Gasteiger partial charge >= 0.3 is 0 Å². The number of hydrogen-bond donors (Lipinski definition) is 3. The third-order valence-electron chi connectivity index (χ3n) is 3.43. The summed E-state index contributed by atoms with van der Waals surface area (Å²) in [5.74, 6) is -0.512. The number of halogens is 1. The van der Waals surface area contributed by atoms with E-state index in [4.69, 9.17) is 0 Å². The number of nitrogens with zero attached hydrogens (tertiary/aromatic N) is 1. The summed E-state index contributed by atoms with van der Waals surface area (Å²) in [6.07, 6.45) is 0. The number of carbonyl (C=O) groups is 2. The summed E-state index contributed by atoms with van der Waals surface area (Å²) in [5.41, 5.74) is 1.14. The molecule has 0 heterocycles. The number of nitro groups is 1. The average molecular weight is 407 g/mol. The van der Waals surface area contributed by atoms with Gasteiger partial charge in [-0.15, -0.1) is 12.4 Å². The van der Waals surface area contributed by atoms with Gasteiger partial charge in [-0.3, -0.25) is 19.7 Å². The number of hydrogen-bond acceptors (Lipinski definition) is 5. The Labute approximate surface area is 169 Å². The van der Waals surface area contributed by atoms with Crippen LogP contribution in [-0.4, -0.2) is 28.8 Å². The number of nitro benzene ring substituents is 1. The molecule has 0 aliphatic rings. The molecule has 9 heteroatoms. The van der Waals surface area contributed by atoms with Crippen LogP contribution in [0.15, 0.2) is 48.5 Å². The van der Waals surface area contributed by atoms with Gasteiger partial charge in [-0.1, -0.05) is 6.07 Å². The second-order valence-electron chi connectivity index (χ2n) is 6.99. The van der Waals surface area contributed by atoms with E-state index in [1.165, 1.54) is 18.2 Å². The Hall–Kier alpha value is -3.13. The number of nitrogens with one attached hydrogen (secondary N) is 3. The Morgan fingerprint density at radius 1 is 1.04 bits per heavy atom. The Morgan fingerprint density at radius 3 is 2.25 bits per heavy atom. The summed E-state index contributed by atoms with van der Waals surface area (Å²) >= 11 is 0. The van der Waals surface area contributed by atoms with E-state index in [2.05, 4.69) is 16.0 Å². The van der Waals surface area contributed by atoms with Gasteiger partial charge in [-0.05, 0) is 51.1 Å². The molecule has 0 bridgehead atoms. The quantitative estimate of drug-likeness (QED) is 0.501. The van der Waals surface area contributed by atoms with Crippen molar-refractivity contribution >= 4 is 41.3 Å². The van der Waals surface area contributed by atoms with Gasteiger partial charge in [0.15, 0.2) is 0 Å². The predicted molar refractivity (Wildman–Crippen MR) is 111 cm³/mol. The summed E-state index contributed by atoms with van der Waals surface area (Å²) in [7, 11) is 0. The standard InChI is InChI=1S/C19H22N4O4.ClH/c1-19(2,3)22-18(25)13-7-9-14(10-8-13)20-12-17(24)21-15-5-4-6-16(11-15)23(26)27;/h4-11,20H,12H2,1-3H3,(H,21,24)(H,22,25);1H. The van der Waals surface area contributed by atoms with Crippen LogP contribution in [0, 0.1) is 10.1 Å². The molecule has 0 radical (unpaired) electrons. The van der Waals surface area contributed by atoms with Crippen molar-refractivity contribution < 1.29 is 14.5 Å². The molecule has 8 nitrogen and oxygen atoms in total. The Balaban J connectivity index is 0.00000392. The third kappa shape index (κ3) is 7.24. The molecule has 2 rings (SSSR count). The van der Waals surface area contributed by atoms with Crippen LogP contribution in [0.1, 0.15) is 31.1 Å². The van der Waals surface area contributed by atoms with Crippen LogP contribution < -0.4 is 16.0 Å². The van der Waals surface area contributed by atoms with E-state index in [0.29, 0.717) is 16.9 Å². The minimum absolute atomic E-state index is 0. The van der Waals surface area contributed by atoms with Crippen LogP contribution >= 0.6 is 12.4 Å². The summed E-state index contributed by atoms with van der Waals surface area (Å²) in [4.78, 5) is 34.3. The normalized spacial score (nSPS) is 10.4. The molecule has 28 heavy (non-hydrogen) atoms. The highest BCUT2D eigenvalue weighted by molar-refractivity contribution is 5.95. The van der Waals surface area contributed by atoms with E-state index >= 15 is 0 Å². The first-order valence-corrected chi connectivity index (χ1v) is 8.35. The van der Waals surface area contributed by atoms with E-state index in [1.54, 1.807) is 30.3 Å². The van der Waals surface area contributed by atoms with Gasteiger partial charge in [0.1, 0.15) is 0 Å². The smallest absolute Gasteiger partial charge is 0.271 e. The average Bonchev–Trinajstić information content (AvgIpc) is 2.59. The fourth-order valence-corrected chi connectivity index (χ4v) is 2.24. The molecule has 0 atom stereocenters. The first-order valence-electron chi connectivity index (χ1n) is 8.35. The molecule has 2 aromatic rings. The van der Waals surface area contributed by atoms with E-state index < -0.39 is 4.92 Å². The zero-order valence-electron chi connectivity index (χ0n) is 15.8. The van der Waals surface area contributed by atoms with Crippen molar-refractivity contribution in [3.63, 3.8) is 0 Å². The number of anilines is 2. The lowest BCUT2D eigenvalue weighted by molar-refractivity contribution is -0.384. The Kier molecular flexibility index (Phi) is 7.94. The van der Waals surface area contributed by atoms with Crippen LogP contribution in [-0.2, 0) is 4.79 Å². The van der Waals surface area contributed by atoms with Crippen LogP contribution in [0.4, 0.5) is 17.1 Å². The first-order chi connectivity index (χ1) is 12.6. The van der Waals surface area contributed by atoms with Gasteiger partial charge in [-0.25, -0.2) is 0 Å². The largest absolute Gasteiger partial charge is 0.376 e. The number of non-ortho nitro benzene ring substituents is 1. The molecule has 3 N–H and O–H groups in total. The first kappa shape index (κ1) is 22.9. The maximum absolute atomic E-state index is 12.1. The molecular weight excluding hydrogens is 384 g/mol. The maximum atomic E-state index is 12.1. The second-order valence-corrected chi connectivity index (χ2v) is 6.99. The zero-order chi connectivity index (χ0) is 20.0. The fraction of sp³-hybridized carbons (Fsp3) is 0.263. The minimum atomic E-state index is -0.523. The summed E-state index contributed by atoms with van der Waals surface area (Å²) in [6.45, 7) is 5.69. The Bertz CT molecular complexity index is 848.